The summed E-state index contributed by atoms with van der Waals surface area (Å²) >= 11 is 0. The van der Waals surface area contributed by atoms with Crippen LogP contribution in [-0.2, 0) is 33.4 Å². The minimum Gasteiger partial charge on any atom is -0.481 e. The van der Waals surface area contributed by atoms with Crippen LogP contribution >= 0.6 is 0 Å². The van der Waals surface area contributed by atoms with E-state index in [0.29, 0.717) is 19.3 Å². The lowest BCUT2D eigenvalue weighted by Gasteiger charge is -2.38. The summed E-state index contributed by atoms with van der Waals surface area (Å²) in [6.45, 7) is 9.80. The maximum atomic E-state index is 14.0. The summed E-state index contributed by atoms with van der Waals surface area (Å²) < 4.78 is 11.6. The monoisotopic (exact) mass is 877 g/mol. The lowest BCUT2D eigenvalue weighted by Crippen LogP contribution is -2.61. The van der Waals surface area contributed by atoms with Crippen LogP contribution in [-0.4, -0.2) is 113 Å². The molecule has 2 aliphatic rings. The van der Waals surface area contributed by atoms with Crippen LogP contribution in [0.1, 0.15) is 142 Å². The maximum Gasteiger partial charge on any atom is 0.410 e. The van der Waals surface area contributed by atoms with Crippen LogP contribution in [0, 0.1) is 11.8 Å². The summed E-state index contributed by atoms with van der Waals surface area (Å²) in [6.07, 6.45) is 9.21. The van der Waals surface area contributed by atoms with Gasteiger partial charge in [-0.1, -0.05) is 141 Å². The Morgan fingerprint density at radius 2 is 1.38 bits per heavy atom. The topological polar surface area (TPSA) is 192 Å². The highest BCUT2D eigenvalue weighted by atomic mass is 16.6. The SMILES string of the molecule is CCCCCCCCCCCC(CC(=O)O)OC(=O)[C@@H](NC[C@@H](CC(C)C)NC(=O)[C@@H](CC(=O)O)N1CCN(C(=O)OCC2c3ccccc3-c3ccccc32)CC1=O)[C@@H](C)CC. The highest BCUT2D eigenvalue weighted by molar-refractivity contribution is 5.92. The molecule has 2 aromatic rings. The summed E-state index contributed by atoms with van der Waals surface area (Å²) in [5, 5.41) is 25.7. The summed E-state index contributed by atoms with van der Waals surface area (Å²) in [5.74, 6) is -4.33. The van der Waals surface area contributed by atoms with Gasteiger partial charge in [-0.3, -0.25) is 28.9 Å². The van der Waals surface area contributed by atoms with Gasteiger partial charge in [-0.15, -0.1) is 0 Å². The Hall–Kier alpha value is -4.98. The van der Waals surface area contributed by atoms with Crippen molar-refractivity contribution < 1.29 is 48.5 Å². The number of amides is 3. The highest BCUT2D eigenvalue weighted by Crippen LogP contribution is 2.44. The third-order valence-corrected chi connectivity index (χ3v) is 12.4. The molecule has 1 fully saturated rings. The number of aliphatic carboxylic acids is 2. The molecule has 2 aromatic carbocycles. The number of carbonyl (C=O) groups is 6. The fourth-order valence-corrected chi connectivity index (χ4v) is 8.77. The van der Waals surface area contributed by atoms with Crippen molar-refractivity contribution in [3.8, 4) is 11.1 Å². The third-order valence-electron chi connectivity index (χ3n) is 12.4. The Balaban J connectivity index is 1.34. The van der Waals surface area contributed by atoms with Gasteiger partial charge in [0.05, 0.1) is 12.8 Å². The molecule has 5 atom stereocenters. The van der Waals surface area contributed by atoms with Gasteiger partial charge in [0.1, 0.15) is 31.3 Å². The molecule has 1 aliphatic heterocycles. The first-order valence-electron chi connectivity index (χ1n) is 23.3. The Morgan fingerprint density at radius 3 is 1.94 bits per heavy atom. The number of carboxylic acid groups (broad SMARTS) is 2. The Bertz CT molecular complexity index is 1770. The number of hydrogen-bond acceptors (Lipinski definition) is 9. The van der Waals surface area contributed by atoms with Crippen molar-refractivity contribution in [1.29, 1.82) is 0 Å². The Morgan fingerprint density at radius 1 is 0.794 bits per heavy atom. The van der Waals surface area contributed by atoms with Crippen LogP contribution in [0.2, 0.25) is 0 Å². The first kappa shape index (κ1) is 50.7. The van der Waals surface area contributed by atoms with Gasteiger partial charge in [-0.25, -0.2) is 4.79 Å². The quantitative estimate of drug-likeness (QED) is 0.0483. The predicted octanol–water partition coefficient (Wildman–Crippen LogP) is 7.77. The van der Waals surface area contributed by atoms with E-state index >= 15 is 0 Å². The van der Waals surface area contributed by atoms with Gasteiger partial charge in [-0.2, -0.15) is 0 Å². The van der Waals surface area contributed by atoms with Crippen molar-refractivity contribution >= 4 is 35.8 Å². The molecule has 1 heterocycles. The fourth-order valence-electron chi connectivity index (χ4n) is 8.77. The number of benzene rings is 2. The summed E-state index contributed by atoms with van der Waals surface area (Å²) in [7, 11) is 0. The first-order chi connectivity index (χ1) is 30.2. The van der Waals surface area contributed by atoms with Crippen LogP contribution in [0.5, 0.6) is 0 Å². The van der Waals surface area contributed by atoms with E-state index in [1.54, 1.807) is 0 Å². The highest BCUT2D eigenvalue weighted by Gasteiger charge is 2.39. The maximum absolute atomic E-state index is 14.0. The lowest BCUT2D eigenvalue weighted by molar-refractivity contribution is -0.157. The van der Waals surface area contributed by atoms with Crippen molar-refractivity contribution in [3.63, 3.8) is 0 Å². The fraction of sp³-hybridized carbons (Fsp3) is 0.633. The van der Waals surface area contributed by atoms with E-state index in [-0.39, 0.29) is 57.0 Å². The van der Waals surface area contributed by atoms with E-state index in [1.807, 2.05) is 76.2 Å². The van der Waals surface area contributed by atoms with E-state index in [4.69, 9.17) is 9.47 Å². The molecule has 3 amide bonds. The van der Waals surface area contributed by atoms with Gasteiger partial charge < -0.3 is 35.2 Å². The van der Waals surface area contributed by atoms with Gasteiger partial charge in [0.15, 0.2) is 0 Å². The molecule has 4 N–H and O–H groups in total. The third kappa shape index (κ3) is 15.7. The number of carbonyl (C=O) groups excluding carboxylic acids is 4. The molecule has 14 nitrogen and oxygen atoms in total. The minimum atomic E-state index is -1.34. The standard InChI is InChI=1S/C49H72N4O10/c1-6-8-9-10-11-12-13-14-15-20-36(28-44(55)56)63-48(60)46(34(5)7-2)50-30-35(27-33(3)4)51-47(59)42(29-45(57)58)53-26-25-52(31-43(53)54)49(61)62-32-41-39-23-18-16-21-37(39)38-22-17-19-24-40(38)41/h16-19,21-24,33-36,41-42,46,50H,6-15,20,25-32H2,1-5H3,(H,51,59)(H,55,56)(H,57,58)/t34-,35+,36?,42+,46-/m0/s1. The molecule has 0 aromatic heterocycles. The molecule has 0 spiro atoms. The van der Waals surface area contributed by atoms with Gasteiger partial charge in [-0.05, 0) is 53.4 Å². The summed E-state index contributed by atoms with van der Waals surface area (Å²) in [6, 6.07) is 13.3. The second-order valence-corrected chi connectivity index (χ2v) is 17.8. The number of piperazine rings is 1. The number of fused-ring (bicyclic) bond motifs is 3. The zero-order valence-electron chi connectivity index (χ0n) is 38.2. The molecule has 348 valence electrons. The number of carboxylic acids is 2. The molecular weight excluding hydrogens is 805 g/mol. The molecule has 1 saturated heterocycles. The molecule has 4 rings (SSSR count). The van der Waals surface area contributed by atoms with Crippen LogP contribution in [0.4, 0.5) is 4.79 Å². The normalized spacial score (nSPS) is 16.1. The van der Waals surface area contributed by atoms with Crippen molar-refractivity contribution in [2.24, 2.45) is 11.8 Å². The predicted molar refractivity (Wildman–Crippen MR) is 241 cm³/mol. The largest absolute Gasteiger partial charge is 0.481 e. The van der Waals surface area contributed by atoms with E-state index in [1.165, 1.54) is 41.9 Å². The molecule has 63 heavy (non-hydrogen) atoms. The zero-order chi connectivity index (χ0) is 45.9. The zero-order valence-corrected chi connectivity index (χ0v) is 38.2. The van der Waals surface area contributed by atoms with Crippen LogP contribution in [0.25, 0.3) is 11.1 Å². The first-order valence-corrected chi connectivity index (χ1v) is 23.3. The molecule has 1 unspecified atom stereocenters. The summed E-state index contributed by atoms with van der Waals surface area (Å²) in [5.41, 5.74) is 4.29. The number of nitrogens with zero attached hydrogens (tertiary/aromatic N) is 2. The van der Waals surface area contributed by atoms with Crippen LogP contribution in [0.3, 0.4) is 0 Å². The van der Waals surface area contributed by atoms with E-state index in [2.05, 4.69) is 17.6 Å². The number of nitrogens with one attached hydrogen (secondary N) is 2. The van der Waals surface area contributed by atoms with Gasteiger partial charge >= 0.3 is 24.0 Å². The van der Waals surface area contributed by atoms with Crippen molar-refractivity contribution in [2.75, 3.05) is 32.8 Å². The molecule has 0 saturated carbocycles. The number of unbranched alkanes of at least 4 members (excludes halogenated alkanes) is 8. The average Bonchev–Trinajstić information content (AvgIpc) is 3.56. The Labute approximate surface area is 373 Å². The molecule has 0 bridgehead atoms. The van der Waals surface area contributed by atoms with Crippen LogP contribution in [0.15, 0.2) is 48.5 Å². The number of esters is 1. The van der Waals surface area contributed by atoms with E-state index in [0.717, 1.165) is 47.9 Å². The van der Waals surface area contributed by atoms with E-state index < -0.39 is 66.5 Å². The van der Waals surface area contributed by atoms with Gasteiger partial charge in [0.2, 0.25) is 11.8 Å². The summed E-state index contributed by atoms with van der Waals surface area (Å²) in [4.78, 5) is 80.9. The molecule has 14 heteroatoms. The smallest absolute Gasteiger partial charge is 0.410 e. The van der Waals surface area contributed by atoms with E-state index in [9.17, 15) is 39.0 Å². The number of rotatable bonds is 28. The molecule has 1 aliphatic carbocycles. The van der Waals surface area contributed by atoms with Crippen molar-refractivity contribution in [3.05, 3.63) is 59.7 Å². The number of hydrogen-bond donors (Lipinski definition) is 4. The molecular formula is C49H72N4O10. The molecule has 0 radical (unpaired) electrons. The average molecular weight is 877 g/mol. The van der Waals surface area contributed by atoms with Crippen molar-refractivity contribution in [1.82, 2.24) is 20.4 Å². The minimum absolute atomic E-state index is 0.0451. The van der Waals surface area contributed by atoms with Gasteiger partial charge in [0.25, 0.3) is 0 Å². The lowest BCUT2D eigenvalue weighted by atomic mass is 9.97. The van der Waals surface area contributed by atoms with Crippen molar-refractivity contribution in [2.45, 2.75) is 155 Å². The number of ether oxygens (including phenoxy) is 2. The Kier molecular flexibility index (Phi) is 20.9. The van der Waals surface area contributed by atoms with Crippen LogP contribution < -0.4 is 10.6 Å². The second kappa shape index (κ2) is 26.0. The second-order valence-electron chi connectivity index (χ2n) is 17.8. The van der Waals surface area contributed by atoms with Gasteiger partial charge in [0, 0.05) is 31.6 Å².